The van der Waals surface area contributed by atoms with Crippen LogP contribution in [0.4, 0.5) is 5.69 Å². The van der Waals surface area contributed by atoms with E-state index in [1.165, 1.54) is 22.4 Å². The molecule has 3 rings (SSSR count). The van der Waals surface area contributed by atoms with Gasteiger partial charge in [-0.2, -0.15) is 0 Å². The van der Waals surface area contributed by atoms with Crippen LogP contribution in [0, 0.1) is 5.92 Å². The van der Waals surface area contributed by atoms with Crippen molar-refractivity contribution in [2.75, 3.05) is 24.5 Å². The largest absolute Gasteiger partial charge is 0.369 e. The molecule has 35 heavy (non-hydrogen) atoms. The fraction of sp³-hybridized carbons (Fsp3) is 0.467. The molecule has 2 N–H and O–H groups in total. The molecule has 1 saturated heterocycles. The number of nitrogens with two attached hydrogens (primary N) is 1. The molecule has 2 aromatic carbocycles. The third kappa shape index (κ3) is 8.27. The van der Waals surface area contributed by atoms with E-state index in [9.17, 15) is 9.59 Å². The number of anilines is 1. The molecule has 2 amide bonds. The van der Waals surface area contributed by atoms with Gasteiger partial charge in [0.05, 0.1) is 0 Å². The van der Waals surface area contributed by atoms with Gasteiger partial charge < -0.3 is 15.5 Å². The summed E-state index contributed by atoms with van der Waals surface area (Å²) in [5.74, 6) is -0.459. The average Bonchev–Trinajstić information content (AvgIpc) is 2.87. The first-order valence-corrected chi connectivity index (χ1v) is 12.9. The molecule has 0 radical (unpaired) electrons. The van der Waals surface area contributed by atoms with Crippen molar-refractivity contribution in [1.82, 2.24) is 4.90 Å². The number of amides is 2. The quantitative estimate of drug-likeness (QED) is 0.458. The number of carbonyl (C=O) groups is 2. The number of rotatable bonds is 11. The zero-order chi connectivity index (χ0) is 25.2. The number of allylic oxidation sites excluding steroid dienone is 1. The third-order valence-corrected chi connectivity index (χ3v) is 7.04. The summed E-state index contributed by atoms with van der Waals surface area (Å²) in [5.41, 5.74) is 10.6. The van der Waals surface area contributed by atoms with Crippen molar-refractivity contribution >= 4 is 17.5 Å². The fourth-order valence-electron chi connectivity index (χ4n) is 4.60. The second-order valence-electron chi connectivity index (χ2n) is 10.0. The van der Waals surface area contributed by atoms with E-state index in [0.717, 1.165) is 45.3 Å². The van der Waals surface area contributed by atoms with E-state index in [-0.39, 0.29) is 17.7 Å². The highest BCUT2D eigenvalue weighted by molar-refractivity contribution is 5.79. The second-order valence-corrected chi connectivity index (χ2v) is 10.0. The van der Waals surface area contributed by atoms with E-state index in [4.69, 9.17) is 5.73 Å². The van der Waals surface area contributed by atoms with Crippen LogP contribution in [0.2, 0.25) is 0 Å². The van der Waals surface area contributed by atoms with Crippen LogP contribution < -0.4 is 10.6 Å². The predicted octanol–water partition coefficient (Wildman–Crippen LogP) is 5.14. The molecule has 2 aromatic rings. The second kappa shape index (κ2) is 13.1. The van der Waals surface area contributed by atoms with E-state index in [0.29, 0.717) is 18.9 Å². The van der Waals surface area contributed by atoms with Crippen molar-refractivity contribution < 1.29 is 9.59 Å². The minimum atomic E-state index is -0.336. The molecule has 0 bridgehead atoms. The summed E-state index contributed by atoms with van der Waals surface area (Å²) in [6.07, 6.45) is 7.18. The zero-order valence-corrected chi connectivity index (χ0v) is 21.6. The topological polar surface area (TPSA) is 66.6 Å². The molecule has 1 atom stereocenters. The van der Waals surface area contributed by atoms with Crippen LogP contribution in [0.3, 0.4) is 0 Å². The maximum atomic E-state index is 12.6. The highest BCUT2D eigenvalue weighted by atomic mass is 16.2. The normalized spacial score (nSPS) is 14.9. The molecular formula is C30H41N3O2. The molecule has 1 aliphatic rings. The molecule has 0 aliphatic carbocycles. The van der Waals surface area contributed by atoms with Gasteiger partial charge in [0.25, 0.3) is 0 Å². The van der Waals surface area contributed by atoms with E-state index in [2.05, 4.69) is 79.4 Å². The Morgan fingerprint density at radius 3 is 2.17 bits per heavy atom. The van der Waals surface area contributed by atoms with Crippen molar-refractivity contribution in [2.24, 2.45) is 11.7 Å². The summed E-state index contributed by atoms with van der Waals surface area (Å²) in [6, 6.07) is 20.0. The van der Waals surface area contributed by atoms with Gasteiger partial charge in [-0.05, 0) is 69.2 Å². The molecule has 188 valence electrons. The molecule has 0 spiro atoms. The van der Waals surface area contributed by atoms with Crippen molar-refractivity contribution in [3.63, 3.8) is 0 Å². The molecule has 1 aliphatic heterocycles. The number of likely N-dealkylation sites (tertiary alicyclic amines) is 1. The molecule has 1 heterocycles. The van der Waals surface area contributed by atoms with Crippen LogP contribution >= 0.6 is 0 Å². The van der Waals surface area contributed by atoms with Crippen LogP contribution in [0.25, 0.3) is 0 Å². The number of hydrogen-bond acceptors (Lipinski definition) is 3. The van der Waals surface area contributed by atoms with E-state index in [1.54, 1.807) is 6.92 Å². The highest BCUT2D eigenvalue weighted by Gasteiger charge is 2.27. The van der Waals surface area contributed by atoms with Gasteiger partial charge in [0, 0.05) is 43.7 Å². The van der Waals surface area contributed by atoms with E-state index in [1.807, 2.05) is 4.90 Å². The minimum Gasteiger partial charge on any atom is -0.369 e. The zero-order valence-electron chi connectivity index (χ0n) is 21.6. The van der Waals surface area contributed by atoms with Gasteiger partial charge in [0.2, 0.25) is 11.8 Å². The Balaban J connectivity index is 1.59. The summed E-state index contributed by atoms with van der Waals surface area (Å²) in [4.78, 5) is 28.3. The third-order valence-electron chi connectivity index (χ3n) is 7.04. The predicted molar refractivity (Wildman–Crippen MR) is 144 cm³/mol. The summed E-state index contributed by atoms with van der Waals surface area (Å²) in [5, 5.41) is 0. The molecule has 1 fully saturated rings. The standard InChI is InChI=1S/C30H41N3O2/c1-23(2)17-22-33(27-14-12-26(13-15-27)11-10-25-7-5-4-6-8-25)28-18-20-32(21-19-28)29(34)16-9-24(3)30(31)35/h4-8,12-15,17,24,28H,9-11,16,18-22H2,1-3H3,(H2,31,35). The number of carbonyl (C=O) groups excluding carboxylic acids is 2. The van der Waals surface area contributed by atoms with Crippen LogP contribution in [0.1, 0.15) is 57.6 Å². The number of aryl methyl sites for hydroxylation is 2. The number of nitrogens with zero attached hydrogens (tertiary/aromatic N) is 2. The van der Waals surface area contributed by atoms with Crippen molar-refractivity contribution in [2.45, 2.75) is 65.3 Å². The number of benzene rings is 2. The Morgan fingerprint density at radius 1 is 1.00 bits per heavy atom. The SMILES string of the molecule is CC(C)=CCN(c1ccc(CCc2ccccc2)cc1)C1CCN(C(=O)CCC(C)C(N)=O)CC1. The lowest BCUT2D eigenvalue weighted by Crippen LogP contribution is -2.47. The smallest absolute Gasteiger partial charge is 0.222 e. The first kappa shape index (κ1) is 26.5. The summed E-state index contributed by atoms with van der Waals surface area (Å²) in [6.45, 7) is 8.46. The van der Waals surface area contributed by atoms with Gasteiger partial charge in [-0.3, -0.25) is 9.59 Å². The van der Waals surface area contributed by atoms with Gasteiger partial charge in [-0.25, -0.2) is 0 Å². The lowest BCUT2D eigenvalue weighted by atomic mass is 9.99. The number of hydrogen-bond donors (Lipinski definition) is 1. The van der Waals surface area contributed by atoms with Crippen molar-refractivity contribution in [3.05, 3.63) is 77.4 Å². The lowest BCUT2D eigenvalue weighted by Gasteiger charge is -2.39. The monoisotopic (exact) mass is 475 g/mol. The molecule has 5 nitrogen and oxygen atoms in total. The number of piperidine rings is 1. The lowest BCUT2D eigenvalue weighted by molar-refractivity contribution is -0.132. The maximum absolute atomic E-state index is 12.6. The summed E-state index contributed by atoms with van der Waals surface area (Å²) in [7, 11) is 0. The van der Waals surface area contributed by atoms with Gasteiger partial charge in [-0.15, -0.1) is 0 Å². The van der Waals surface area contributed by atoms with Crippen molar-refractivity contribution in [3.8, 4) is 0 Å². The highest BCUT2D eigenvalue weighted by Crippen LogP contribution is 2.25. The number of primary amides is 1. The Bertz CT molecular complexity index is 972. The molecule has 0 saturated carbocycles. The summed E-state index contributed by atoms with van der Waals surface area (Å²) < 4.78 is 0. The fourth-order valence-corrected chi connectivity index (χ4v) is 4.60. The Hall–Kier alpha value is -3.08. The first-order chi connectivity index (χ1) is 16.8. The van der Waals surface area contributed by atoms with Crippen LogP contribution in [-0.4, -0.2) is 42.4 Å². The average molecular weight is 476 g/mol. The van der Waals surface area contributed by atoms with E-state index < -0.39 is 0 Å². The van der Waals surface area contributed by atoms with E-state index >= 15 is 0 Å². The molecule has 5 heteroatoms. The van der Waals surface area contributed by atoms with Crippen LogP contribution in [-0.2, 0) is 22.4 Å². The molecule has 0 aromatic heterocycles. The maximum Gasteiger partial charge on any atom is 0.222 e. The Labute approximate surface area is 211 Å². The van der Waals surface area contributed by atoms with Crippen molar-refractivity contribution in [1.29, 1.82) is 0 Å². The molecular weight excluding hydrogens is 434 g/mol. The Kier molecular flexibility index (Phi) is 9.95. The van der Waals surface area contributed by atoms with Crippen LogP contribution in [0.15, 0.2) is 66.2 Å². The molecule has 1 unspecified atom stereocenters. The minimum absolute atomic E-state index is 0.134. The van der Waals surface area contributed by atoms with Crippen LogP contribution in [0.5, 0.6) is 0 Å². The van der Waals surface area contributed by atoms with Gasteiger partial charge >= 0.3 is 0 Å². The first-order valence-electron chi connectivity index (χ1n) is 12.9. The van der Waals surface area contributed by atoms with Gasteiger partial charge in [0.1, 0.15) is 0 Å². The summed E-state index contributed by atoms with van der Waals surface area (Å²) >= 11 is 0. The van der Waals surface area contributed by atoms with Gasteiger partial charge in [-0.1, -0.05) is 61.0 Å². The van der Waals surface area contributed by atoms with Gasteiger partial charge in [0.15, 0.2) is 0 Å². The Morgan fingerprint density at radius 2 is 1.60 bits per heavy atom.